The molecule has 2 saturated heterocycles. The molecule has 128 valence electrons. The molecule has 0 aromatic heterocycles. The summed E-state index contributed by atoms with van der Waals surface area (Å²) in [4.78, 5) is 37.8. The molecule has 7 nitrogen and oxygen atoms in total. The number of hydrogen-bond donors (Lipinski definition) is 3. The highest BCUT2D eigenvalue weighted by molar-refractivity contribution is 5.99. The molecule has 0 radical (unpaired) electrons. The summed E-state index contributed by atoms with van der Waals surface area (Å²) in [7, 11) is 0. The lowest BCUT2D eigenvalue weighted by molar-refractivity contribution is -0.122. The van der Waals surface area contributed by atoms with Crippen LogP contribution in [0, 0.1) is 6.92 Å². The summed E-state index contributed by atoms with van der Waals surface area (Å²) >= 11 is 0. The van der Waals surface area contributed by atoms with Crippen LogP contribution in [-0.4, -0.2) is 43.5 Å². The normalized spacial score (nSPS) is 21.0. The summed E-state index contributed by atoms with van der Waals surface area (Å²) in [6, 6.07) is 4.63. The fourth-order valence-corrected chi connectivity index (χ4v) is 3.12. The summed E-state index contributed by atoms with van der Waals surface area (Å²) in [5.74, 6) is -0.388. The lowest BCUT2D eigenvalue weighted by atomic mass is 10.1. The standard InChI is InChI=1S/C17H22N4O3/c1-11-10-12(5-6-14(11)21-9-8-19-17(21)24)15(22)20-13-4-2-3-7-18-16(13)23/h5-6,10,13H,2-4,7-9H2,1H3,(H,18,23)(H,19,24)(H,20,22). The molecule has 3 N–H and O–H groups in total. The predicted octanol–water partition coefficient (Wildman–Crippen LogP) is 0.923. The Labute approximate surface area is 140 Å². The van der Waals surface area contributed by atoms with Crippen LogP contribution in [0.3, 0.4) is 0 Å². The van der Waals surface area contributed by atoms with Gasteiger partial charge in [0.2, 0.25) is 5.91 Å². The molecular formula is C17H22N4O3. The van der Waals surface area contributed by atoms with Crippen molar-refractivity contribution in [2.45, 2.75) is 32.2 Å². The van der Waals surface area contributed by atoms with Gasteiger partial charge in [0, 0.05) is 30.9 Å². The van der Waals surface area contributed by atoms with Gasteiger partial charge in [-0.3, -0.25) is 14.5 Å². The molecule has 0 aliphatic carbocycles. The van der Waals surface area contributed by atoms with Gasteiger partial charge in [0.05, 0.1) is 0 Å². The highest BCUT2D eigenvalue weighted by Gasteiger charge is 2.25. The van der Waals surface area contributed by atoms with Gasteiger partial charge in [-0.25, -0.2) is 4.79 Å². The first-order valence-corrected chi connectivity index (χ1v) is 8.31. The lowest BCUT2D eigenvalue weighted by Gasteiger charge is -2.19. The number of carbonyl (C=O) groups excluding carboxylic acids is 3. The van der Waals surface area contributed by atoms with Crippen molar-refractivity contribution in [3.8, 4) is 0 Å². The Kier molecular flexibility index (Phi) is 4.69. The van der Waals surface area contributed by atoms with E-state index in [1.165, 1.54) is 0 Å². The molecule has 2 aliphatic heterocycles. The third-order valence-corrected chi connectivity index (χ3v) is 4.45. The van der Waals surface area contributed by atoms with Crippen molar-refractivity contribution in [1.82, 2.24) is 16.0 Å². The average molecular weight is 330 g/mol. The molecule has 2 fully saturated rings. The van der Waals surface area contributed by atoms with Crippen LogP contribution in [0.15, 0.2) is 18.2 Å². The van der Waals surface area contributed by atoms with E-state index in [0.717, 1.165) is 24.1 Å². The number of amides is 4. The monoisotopic (exact) mass is 330 g/mol. The number of nitrogens with zero attached hydrogens (tertiary/aromatic N) is 1. The predicted molar refractivity (Wildman–Crippen MR) is 90.0 cm³/mol. The van der Waals surface area contributed by atoms with Crippen LogP contribution in [0.25, 0.3) is 0 Å². The summed E-state index contributed by atoms with van der Waals surface area (Å²) in [5.41, 5.74) is 2.15. The van der Waals surface area contributed by atoms with Gasteiger partial charge in [0.25, 0.3) is 5.91 Å². The second-order valence-corrected chi connectivity index (χ2v) is 6.20. The van der Waals surface area contributed by atoms with E-state index in [4.69, 9.17) is 0 Å². The van der Waals surface area contributed by atoms with E-state index in [1.54, 1.807) is 23.1 Å². The molecule has 1 unspecified atom stereocenters. The third kappa shape index (κ3) is 3.34. The van der Waals surface area contributed by atoms with Gasteiger partial charge in [-0.2, -0.15) is 0 Å². The van der Waals surface area contributed by atoms with Crippen LogP contribution in [0.1, 0.15) is 35.2 Å². The number of anilines is 1. The highest BCUT2D eigenvalue weighted by Crippen LogP contribution is 2.23. The van der Waals surface area contributed by atoms with Crippen LogP contribution in [0.2, 0.25) is 0 Å². The Bertz CT molecular complexity index is 674. The zero-order valence-corrected chi connectivity index (χ0v) is 13.7. The second kappa shape index (κ2) is 6.90. The van der Waals surface area contributed by atoms with Crippen LogP contribution < -0.4 is 20.9 Å². The molecule has 24 heavy (non-hydrogen) atoms. The number of rotatable bonds is 3. The third-order valence-electron chi connectivity index (χ3n) is 4.45. The van der Waals surface area contributed by atoms with Crippen molar-refractivity contribution in [2.75, 3.05) is 24.5 Å². The highest BCUT2D eigenvalue weighted by atomic mass is 16.2. The van der Waals surface area contributed by atoms with E-state index in [2.05, 4.69) is 16.0 Å². The average Bonchev–Trinajstić information content (AvgIpc) is 2.88. The van der Waals surface area contributed by atoms with Gasteiger partial charge in [0.15, 0.2) is 0 Å². The molecular weight excluding hydrogens is 308 g/mol. The fraction of sp³-hybridized carbons (Fsp3) is 0.471. The van der Waals surface area contributed by atoms with Crippen molar-refractivity contribution in [2.24, 2.45) is 0 Å². The molecule has 0 bridgehead atoms. The molecule has 1 aromatic carbocycles. The molecule has 2 aliphatic rings. The lowest BCUT2D eigenvalue weighted by Crippen LogP contribution is -2.45. The van der Waals surface area contributed by atoms with Crippen LogP contribution in [0.4, 0.5) is 10.5 Å². The Hall–Kier alpha value is -2.57. The Morgan fingerprint density at radius 2 is 2.04 bits per heavy atom. The van der Waals surface area contributed by atoms with E-state index < -0.39 is 6.04 Å². The summed E-state index contributed by atoms with van der Waals surface area (Å²) in [6.45, 7) is 3.78. The zero-order chi connectivity index (χ0) is 17.1. The second-order valence-electron chi connectivity index (χ2n) is 6.20. The van der Waals surface area contributed by atoms with E-state index in [0.29, 0.717) is 31.6 Å². The molecule has 2 heterocycles. The first-order valence-electron chi connectivity index (χ1n) is 8.31. The smallest absolute Gasteiger partial charge is 0.322 e. The van der Waals surface area contributed by atoms with E-state index in [1.807, 2.05) is 6.92 Å². The number of urea groups is 1. The first-order chi connectivity index (χ1) is 11.6. The van der Waals surface area contributed by atoms with Gasteiger partial charge in [-0.05, 0) is 49.9 Å². The fourth-order valence-electron chi connectivity index (χ4n) is 3.12. The summed E-state index contributed by atoms with van der Waals surface area (Å²) < 4.78 is 0. The van der Waals surface area contributed by atoms with Crippen LogP contribution in [-0.2, 0) is 4.79 Å². The van der Waals surface area contributed by atoms with Crippen molar-refractivity contribution in [3.63, 3.8) is 0 Å². The molecule has 7 heteroatoms. The number of hydrogen-bond acceptors (Lipinski definition) is 3. The topological polar surface area (TPSA) is 90.5 Å². The molecule has 0 spiro atoms. The van der Waals surface area contributed by atoms with Crippen molar-refractivity contribution in [1.29, 1.82) is 0 Å². The quantitative estimate of drug-likeness (QED) is 0.770. The van der Waals surface area contributed by atoms with E-state index in [-0.39, 0.29) is 17.8 Å². The van der Waals surface area contributed by atoms with Crippen LogP contribution >= 0.6 is 0 Å². The van der Waals surface area contributed by atoms with Crippen molar-refractivity contribution < 1.29 is 14.4 Å². The minimum Gasteiger partial charge on any atom is -0.354 e. The first kappa shape index (κ1) is 16.3. The molecule has 4 amide bonds. The van der Waals surface area contributed by atoms with Gasteiger partial charge >= 0.3 is 6.03 Å². The minimum atomic E-state index is -0.482. The number of benzene rings is 1. The Morgan fingerprint density at radius 3 is 2.75 bits per heavy atom. The molecule has 1 aromatic rings. The van der Waals surface area contributed by atoms with Gasteiger partial charge < -0.3 is 16.0 Å². The minimum absolute atomic E-state index is 0.120. The Morgan fingerprint density at radius 1 is 1.21 bits per heavy atom. The van der Waals surface area contributed by atoms with E-state index in [9.17, 15) is 14.4 Å². The van der Waals surface area contributed by atoms with Gasteiger partial charge in [0.1, 0.15) is 6.04 Å². The van der Waals surface area contributed by atoms with Crippen molar-refractivity contribution in [3.05, 3.63) is 29.3 Å². The number of aryl methyl sites for hydroxylation is 1. The number of nitrogens with one attached hydrogen (secondary N) is 3. The SMILES string of the molecule is Cc1cc(C(=O)NC2CCCCNC2=O)ccc1N1CCNC1=O. The summed E-state index contributed by atoms with van der Waals surface area (Å²) in [5, 5.41) is 8.38. The zero-order valence-electron chi connectivity index (χ0n) is 13.7. The van der Waals surface area contributed by atoms with Crippen LogP contribution in [0.5, 0.6) is 0 Å². The Balaban J connectivity index is 1.72. The molecule has 0 saturated carbocycles. The molecule has 3 rings (SSSR count). The van der Waals surface area contributed by atoms with Gasteiger partial charge in [-0.15, -0.1) is 0 Å². The maximum atomic E-state index is 12.4. The largest absolute Gasteiger partial charge is 0.354 e. The van der Waals surface area contributed by atoms with Gasteiger partial charge in [-0.1, -0.05) is 0 Å². The maximum absolute atomic E-state index is 12.4. The number of carbonyl (C=O) groups is 3. The van der Waals surface area contributed by atoms with Crippen molar-refractivity contribution >= 4 is 23.5 Å². The molecule has 1 atom stereocenters. The van der Waals surface area contributed by atoms with E-state index >= 15 is 0 Å². The summed E-state index contributed by atoms with van der Waals surface area (Å²) in [6.07, 6.45) is 2.50. The maximum Gasteiger partial charge on any atom is 0.322 e.